The lowest BCUT2D eigenvalue weighted by Gasteiger charge is -2.44. The third kappa shape index (κ3) is 6.92. The van der Waals surface area contributed by atoms with E-state index >= 15 is 4.39 Å². The van der Waals surface area contributed by atoms with Crippen molar-refractivity contribution in [3.8, 4) is 6.01 Å². The van der Waals surface area contributed by atoms with Crippen molar-refractivity contribution < 1.29 is 13.9 Å². The molecule has 2 aliphatic heterocycles. The summed E-state index contributed by atoms with van der Waals surface area (Å²) in [5.74, 6) is -0.157. The summed E-state index contributed by atoms with van der Waals surface area (Å²) in [4.78, 5) is 28.2. The number of fused-ring (bicyclic) bond motifs is 1. The molecule has 9 nitrogen and oxygen atoms in total. The Bertz CT molecular complexity index is 1750. The lowest BCUT2D eigenvalue weighted by Crippen LogP contribution is -2.58. The van der Waals surface area contributed by atoms with E-state index in [4.69, 9.17) is 21.3 Å². The summed E-state index contributed by atoms with van der Waals surface area (Å²) in [7, 11) is 1.80. The van der Waals surface area contributed by atoms with Gasteiger partial charge in [0.15, 0.2) is 5.82 Å². The monoisotopic (exact) mass is 635 g/mol. The molecule has 1 aromatic carbocycles. The van der Waals surface area contributed by atoms with Crippen molar-refractivity contribution >= 4 is 46.4 Å². The molecule has 2 aromatic heterocycles. The molecule has 240 valence electrons. The predicted molar refractivity (Wildman–Crippen MR) is 178 cm³/mol. The van der Waals surface area contributed by atoms with Crippen LogP contribution in [0.25, 0.3) is 23.1 Å². The van der Waals surface area contributed by atoms with Crippen molar-refractivity contribution in [2.45, 2.75) is 53.1 Å². The van der Waals surface area contributed by atoms with Gasteiger partial charge in [0.1, 0.15) is 17.9 Å². The molecule has 0 spiro atoms. The topological polar surface area (TPSA) is 79.6 Å². The van der Waals surface area contributed by atoms with Crippen molar-refractivity contribution in [1.82, 2.24) is 29.5 Å². The quantitative estimate of drug-likeness (QED) is 0.346. The van der Waals surface area contributed by atoms with Gasteiger partial charge in [-0.15, -0.1) is 0 Å². The number of hydrogen-bond acceptors (Lipinski definition) is 7. The van der Waals surface area contributed by atoms with Crippen LogP contribution >= 0.6 is 11.6 Å². The highest BCUT2D eigenvalue weighted by molar-refractivity contribution is 6.33. The first-order valence-corrected chi connectivity index (χ1v) is 15.9. The Morgan fingerprint density at radius 2 is 2.02 bits per heavy atom. The summed E-state index contributed by atoms with van der Waals surface area (Å²) in [5, 5.41) is 6.61. The number of aromatic nitrogens is 4. The molecule has 0 aliphatic carbocycles. The van der Waals surface area contributed by atoms with Crippen LogP contribution in [-0.2, 0) is 11.8 Å². The zero-order chi connectivity index (χ0) is 32.5. The van der Waals surface area contributed by atoms with Gasteiger partial charge in [0.05, 0.1) is 16.6 Å². The third-order valence-corrected chi connectivity index (χ3v) is 9.07. The maximum absolute atomic E-state index is 16.6. The highest BCUT2D eigenvalue weighted by Gasteiger charge is 2.34. The first-order valence-electron chi connectivity index (χ1n) is 15.5. The van der Waals surface area contributed by atoms with E-state index in [-0.39, 0.29) is 45.5 Å². The fourth-order valence-corrected chi connectivity index (χ4v) is 6.47. The van der Waals surface area contributed by atoms with E-state index in [1.807, 2.05) is 39.0 Å². The third-order valence-electron chi connectivity index (χ3n) is 8.75. The van der Waals surface area contributed by atoms with Crippen LogP contribution in [0.4, 0.5) is 10.2 Å². The number of amides is 1. The molecule has 0 bridgehead atoms. The summed E-state index contributed by atoms with van der Waals surface area (Å²) in [6.07, 6.45) is 11.6. The highest BCUT2D eigenvalue weighted by Crippen LogP contribution is 2.36. The highest BCUT2D eigenvalue weighted by atomic mass is 35.5. The standard InChI is InChI=1S/C34H43ClFN7O2/c1-8-10-11-24-18-37-40(7)28(24)17-25-27(35)16-26-31(30(25)36)38-33(45-15-14-41-13-12-34(5,6)21-41)39-32(26)43-20-22(3)42(19-23(43)4)29(44)9-2/h8-11,16-18,22-23H,2,12-15,19-21H2,1,3-7H3/b10-8+,24-11-,28-17-/t22-,23+/m1/s1. The lowest BCUT2D eigenvalue weighted by atomic mass is 9.93. The van der Waals surface area contributed by atoms with E-state index < -0.39 is 5.82 Å². The molecule has 2 saturated heterocycles. The zero-order valence-electron chi connectivity index (χ0n) is 27.1. The van der Waals surface area contributed by atoms with Gasteiger partial charge in [-0.25, -0.2) is 4.39 Å². The van der Waals surface area contributed by atoms with Crippen LogP contribution in [0.2, 0.25) is 5.02 Å². The van der Waals surface area contributed by atoms with E-state index in [9.17, 15) is 4.79 Å². The Labute approximate surface area is 269 Å². The smallest absolute Gasteiger partial charge is 0.319 e. The second kappa shape index (κ2) is 13.3. The summed E-state index contributed by atoms with van der Waals surface area (Å²) in [6, 6.07) is 1.59. The van der Waals surface area contributed by atoms with Gasteiger partial charge >= 0.3 is 6.01 Å². The maximum atomic E-state index is 16.6. The molecule has 0 N–H and O–H groups in total. The van der Waals surface area contributed by atoms with Crippen LogP contribution in [-0.4, -0.2) is 86.9 Å². The van der Waals surface area contributed by atoms with Crippen molar-refractivity contribution in [3.05, 3.63) is 64.0 Å². The largest absolute Gasteiger partial charge is 0.462 e. The number of benzene rings is 1. The molecule has 2 atom stereocenters. The summed E-state index contributed by atoms with van der Waals surface area (Å²) < 4.78 is 24.4. The second-order valence-electron chi connectivity index (χ2n) is 12.8. The van der Waals surface area contributed by atoms with Crippen LogP contribution in [0.1, 0.15) is 46.6 Å². The van der Waals surface area contributed by atoms with E-state index in [2.05, 4.69) is 40.3 Å². The average molecular weight is 636 g/mol. The minimum atomic E-state index is -0.563. The first-order chi connectivity index (χ1) is 21.4. The fraction of sp³-hybridized carbons (Fsp3) is 0.471. The molecule has 1 amide bonds. The number of rotatable bonds is 8. The van der Waals surface area contributed by atoms with Gasteiger partial charge in [0.2, 0.25) is 5.91 Å². The fourth-order valence-electron chi connectivity index (χ4n) is 6.22. The second-order valence-corrected chi connectivity index (χ2v) is 13.2. The lowest BCUT2D eigenvalue weighted by molar-refractivity contribution is -0.128. The number of halogens is 2. The van der Waals surface area contributed by atoms with Crippen LogP contribution < -0.4 is 20.2 Å². The molecule has 0 unspecified atom stereocenters. The number of ether oxygens (including phenoxy) is 1. The normalized spacial score (nSPS) is 21.4. The number of anilines is 1. The van der Waals surface area contributed by atoms with E-state index in [1.54, 1.807) is 35.0 Å². The Morgan fingerprint density at radius 3 is 2.71 bits per heavy atom. The average Bonchev–Trinajstić information content (AvgIpc) is 3.54. The van der Waals surface area contributed by atoms with Gasteiger partial charge in [-0.3, -0.25) is 14.4 Å². The van der Waals surface area contributed by atoms with Gasteiger partial charge < -0.3 is 14.5 Å². The minimum Gasteiger partial charge on any atom is -0.462 e. The van der Waals surface area contributed by atoms with Crippen LogP contribution in [0, 0.1) is 11.2 Å². The molecule has 2 fully saturated rings. The summed E-state index contributed by atoms with van der Waals surface area (Å²) >= 11 is 6.81. The summed E-state index contributed by atoms with van der Waals surface area (Å²) in [5.41, 5.74) is 0.613. The number of allylic oxidation sites excluding steroid dienone is 2. The molecule has 4 heterocycles. The maximum Gasteiger partial charge on any atom is 0.319 e. The number of likely N-dealkylation sites (tertiary alicyclic amines) is 1. The number of aryl methyl sites for hydroxylation is 1. The van der Waals surface area contributed by atoms with Crippen molar-refractivity contribution in [1.29, 1.82) is 0 Å². The van der Waals surface area contributed by atoms with Crippen LogP contribution in [0.5, 0.6) is 6.01 Å². The van der Waals surface area contributed by atoms with Crippen molar-refractivity contribution in [3.63, 3.8) is 0 Å². The molecule has 45 heavy (non-hydrogen) atoms. The Morgan fingerprint density at radius 1 is 1.24 bits per heavy atom. The van der Waals surface area contributed by atoms with Crippen LogP contribution in [0.3, 0.4) is 0 Å². The van der Waals surface area contributed by atoms with E-state index in [0.29, 0.717) is 36.2 Å². The van der Waals surface area contributed by atoms with Crippen LogP contribution in [0.15, 0.2) is 37.1 Å². The van der Waals surface area contributed by atoms with E-state index in [0.717, 1.165) is 31.3 Å². The van der Waals surface area contributed by atoms with Gasteiger partial charge in [-0.2, -0.15) is 15.1 Å². The number of carbonyl (C=O) groups is 1. The minimum absolute atomic E-state index is 0.107. The number of nitrogens with zero attached hydrogens (tertiary/aromatic N) is 7. The molecular weight excluding hydrogens is 593 g/mol. The van der Waals surface area contributed by atoms with Crippen molar-refractivity contribution in [2.24, 2.45) is 12.5 Å². The van der Waals surface area contributed by atoms with Gasteiger partial charge in [0, 0.05) is 61.5 Å². The molecule has 5 rings (SSSR count). The molecule has 11 heteroatoms. The SMILES string of the molecule is C=CC(=O)N1C[C@H](C)N(c2nc(OCCN3CCC(C)(C)C3)nc3c(F)c(/C=c4/c(=C\C=C\C)cnn4C)c(Cl)cc23)C[C@H]1C. The van der Waals surface area contributed by atoms with Gasteiger partial charge in [-0.1, -0.05) is 50.3 Å². The number of piperazine rings is 1. The van der Waals surface area contributed by atoms with Gasteiger partial charge in [0.25, 0.3) is 0 Å². The predicted octanol–water partition coefficient (Wildman–Crippen LogP) is 4.06. The van der Waals surface area contributed by atoms with E-state index in [1.165, 1.54) is 6.08 Å². The summed E-state index contributed by atoms with van der Waals surface area (Å²) in [6.45, 7) is 18.2. The molecule has 3 aromatic rings. The van der Waals surface area contributed by atoms with Crippen molar-refractivity contribution in [2.75, 3.05) is 44.2 Å². The first kappa shape index (κ1) is 32.6. The Kier molecular flexibility index (Phi) is 9.65. The molecule has 0 saturated carbocycles. The number of hydrogen-bond donors (Lipinski definition) is 0. The zero-order valence-corrected chi connectivity index (χ0v) is 27.8. The number of carbonyl (C=O) groups excluding carboxylic acids is 1. The Balaban J connectivity index is 1.60. The molecular formula is C34H43ClFN7O2. The Hall–Kier alpha value is -3.76. The molecule has 0 radical (unpaired) electrons. The molecule has 2 aliphatic rings. The van der Waals surface area contributed by atoms with Gasteiger partial charge in [-0.05, 0) is 57.4 Å².